The Morgan fingerprint density at radius 2 is 1.74 bits per heavy atom. The van der Waals surface area contributed by atoms with E-state index in [0.29, 0.717) is 11.9 Å². The van der Waals surface area contributed by atoms with Crippen molar-refractivity contribution < 1.29 is 0 Å². The molecule has 1 aliphatic carbocycles. The smallest absolute Gasteiger partial charge is 0.267 e. The molecule has 0 amide bonds. The van der Waals surface area contributed by atoms with Gasteiger partial charge >= 0.3 is 0 Å². The summed E-state index contributed by atoms with van der Waals surface area (Å²) in [7, 11) is 0. The molecule has 4 aromatic rings. The molecule has 0 radical (unpaired) electrons. The summed E-state index contributed by atoms with van der Waals surface area (Å²) in [6.45, 7) is 5.92. The molecular weight excluding hydrogens is 392 g/mol. The van der Waals surface area contributed by atoms with Gasteiger partial charge < -0.3 is 5.32 Å². The molecule has 4 heterocycles. The maximum absolute atomic E-state index is 12.5. The van der Waals surface area contributed by atoms with E-state index in [4.69, 9.17) is 0 Å². The Morgan fingerprint density at radius 1 is 0.968 bits per heavy atom. The van der Waals surface area contributed by atoms with E-state index < -0.39 is 0 Å². The average Bonchev–Trinajstić information content (AvgIpc) is 3.30. The van der Waals surface area contributed by atoms with Crippen LogP contribution < -0.4 is 10.9 Å². The molecule has 31 heavy (non-hydrogen) atoms. The number of anilines is 1. The van der Waals surface area contributed by atoms with Gasteiger partial charge in [0.25, 0.3) is 5.56 Å². The van der Waals surface area contributed by atoms with Gasteiger partial charge in [-0.25, -0.2) is 18.9 Å². The Labute approximate surface area is 179 Å². The molecule has 0 aliphatic heterocycles. The number of rotatable bonds is 4. The maximum Gasteiger partial charge on any atom is 0.267 e. The molecule has 160 valence electrons. The molecule has 0 bridgehead atoms. The maximum atomic E-state index is 12.5. The van der Waals surface area contributed by atoms with Crippen molar-refractivity contribution in [3.05, 3.63) is 64.1 Å². The van der Waals surface area contributed by atoms with Crippen LogP contribution in [0.1, 0.15) is 48.8 Å². The molecule has 4 aromatic heterocycles. The number of aromatic nitrogens is 7. The third kappa shape index (κ3) is 3.71. The number of hydrogen-bond acceptors (Lipinski definition) is 6. The van der Waals surface area contributed by atoms with Crippen LogP contribution in [0.5, 0.6) is 0 Å². The Balaban J connectivity index is 1.32. The number of nitrogens with zero attached hydrogens (tertiary/aromatic N) is 7. The van der Waals surface area contributed by atoms with Gasteiger partial charge in [-0.1, -0.05) is 0 Å². The van der Waals surface area contributed by atoms with Crippen molar-refractivity contribution in [2.75, 3.05) is 5.32 Å². The average molecular weight is 419 g/mol. The molecule has 0 unspecified atom stereocenters. The SMILES string of the molecule is Cc1cc(C)n(-c2ccc(=O)n(C3CCC(Nc4nccn5nc(C)cc45)CC3)n2)n1. The van der Waals surface area contributed by atoms with E-state index >= 15 is 0 Å². The lowest BCUT2D eigenvalue weighted by Crippen LogP contribution is -2.34. The summed E-state index contributed by atoms with van der Waals surface area (Å²) in [5.41, 5.74) is 3.81. The van der Waals surface area contributed by atoms with E-state index in [-0.39, 0.29) is 11.6 Å². The molecule has 0 aromatic carbocycles. The molecule has 1 fully saturated rings. The van der Waals surface area contributed by atoms with Crippen LogP contribution in [0.4, 0.5) is 5.82 Å². The van der Waals surface area contributed by atoms with Crippen LogP contribution in [0.2, 0.25) is 0 Å². The highest BCUT2D eigenvalue weighted by Crippen LogP contribution is 2.29. The van der Waals surface area contributed by atoms with Crippen molar-refractivity contribution in [2.45, 2.75) is 58.5 Å². The Hall–Kier alpha value is -3.49. The van der Waals surface area contributed by atoms with E-state index in [1.54, 1.807) is 27.7 Å². The fourth-order valence-electron chi connectivity index (χ4n) is 4.46. The molecule has 0 spiro atoms. The Morgan fingerprint density at radius 3 is 2.48 bits per heavy atom. The lowest BCUT2D eigenvalue weighted by Gasteiger charge is -2.30. The first-order valence-electron chi connectivity index (χ1n) is 10.7. The Bertz CT molecular complexity index is 1290. The lowest BCUT2D eigenvalue weighted by molar-refractivity contribution is 0.302. The van der Waals surface area contributed by atoms with Gasteiger partial charge in [-0.2, -0.15) is 10.2 Å². The van der Waals surface area contributed by atoms with Gasteiger partial charge in [0.05, 0.1) is 17.4 Å². The van der Waals surface area contributed by atoms with E-state index in [1.165, 1.54) is 0 Å². The minimum atomic E-state index is -0.0668. The fraction of sp³-hybridized carbons (Fsp3) is 0.409. The van der Waals surface area contributed by atoms with Gasteiger partial charge in [0, 0.05) is 30.2 Å². The predicted molar refractivity (Wildman–Crippen MR) is 118 cm³/mol. The summed E-state index contributed by atoms with van der Waals surface area (Å²) in [4.78, 5) is 17.1. The summed E-state index contributed by atoms with van der Waals surface area (Å²) in [6, 6.07) is 7.77. The van der Waals surface area contributed by atoms with Crippen molar-refractivity contribution in [1.82, 2.24) is 34.2 Å². The molecule has 0 saturated heterocycles. The zero-order valence-electron chi connectivity index (χ0n) is 18.0. The highest BCUT2D eigenvalue weighted by atomic mass is 16.1. The molecule has 1 saturated carbocycles. The van der Waals surface area contributed by atoms with Gasteiger partial charge in [0.2, 0.25) is 0 Å². The predicted octanol–water partition coefficient (Wildman–Crippen LogP) is 2.99. The van der Waals surface area contributed by atoms with E-state index in [2.05, 4.69) is 25.6 Å². The van der Waals surface area contributed by atoms with Crippen molar-refractivity contribution in [3.8, 4) is 5.82 Å². The highest BCUT2D eigenvalue weighted by molar-refractivity contribution is 5.68. The van der Waals surface area contributed by atoms with E-state index in [0.717, 1.165) is 54.1 Å². The first-order valence-corrected chi connectivity index (χ1v) is 10.7. The van der Waals surface area contributed by atoms with Crippen LogP contribution >= 0.6 is 0 Å². The summed E-state index contributed by atoms with van der Waals surface area (Å²) in [5.74, 6) is 1.53. The molecule has 5 rings (SSSR count). The van der Waals surface area contributed by atoms with Crippen molar-refractivity contribution >= 4 is 11.3 Å². The monoisotopic (exact) mass is 418 g/mol. The second kappa shape index (κ2) is 7.64. The summed E-state index contributed by atoms with van der Waals surface area (Å²) in [5, 5.41) is 17.2. The second-order valence-electron chi connectivity index (χ2n) is 8.35. The number of nitrogens with one attached hydrogen (secondary N) is 1. The summed E-state index contributed by atoms with van der Waals surface area (Å²) >= 11 is 0. The third-order valence-corrected chi connectivity index (χ3v) is 5.93. The van der Waals surface area contributed by atoms with Crippen LogP contribution in [0.3, 0.4) is 0 Å². The molecule has 1 aliphatic rings. The summed E-state index contributed by atoms with van der Waals surface area (Å²) in [6.07, 6.45) is 7.27. The van der Waals surface area contributed by atoms with E-state index in [9.17, 15) is 4.79 Å². The number of hydrogen-bond donors (Lipinski definition) is 1. The van der Waals surface area contributed by atoms with Crippen molar-refractivity contribution in [2.24, 2.45) is 0 Å². The Kier molecular flexibility index (Phi) is 4.80. The normalized spacial score (nSPS) is 19.1. The minimum absolute atomic E-state index is 0.0668. The first kappa shape index (κ1) is 19.5. The largest absolute Gasteiger partial charge is 0.366 e. The van der Waals surface area contributed by atoms with Crippen LogP contribution in [0.25, 0.3) is 11.3 Å². The van der Waals surface area contributed by atoms with Crippen molar-refractivity contribution in [1.29, 1.82) is 0 Å². The van der Waals surface area contributed by atoms with Gasteiger partial charge in [-0.3, -0.25) is 4.79 Å². The van der Waals surface area contributed by atoms with Crippen LogP contribution in [-0.4, -0.2) is 40.2 Å². The zero-order chi connectivity index (χ0) is 21.5. The van der Waals surface area contributed by atoms with Crippen LogP contribution in [-0.2, 0) is 0 Å². The van der Waals surface area contributed by atoms with Gasteiger partial charge in [0.1, 0.15) is 5.52 Å². The second-order valence-corrected chi connectivity index (χ2v) is 8.35. The minimum Gasteiger partial charge on any atom is -0.366 e. The molecule has 9 nitrogen and oxygen atoms in total. The first-order chi connectivity index (χ1) is 15.0. The fourth-order valence-corrected chi connectivity index (χ4v) is 4.46. The number of aryl methyl sites for hydroxylation is 3. The van der Waals surface area contributed by atoms with Crippen molar-refractivity contribution in [3.63, 3.8) is 0 Å². The van der Waals surface area contributed by atoms with Gasteiger partial charge in [0.15, 0.2) is 11.6 Å². The van der Waals surface area contributed by atoms with Gasteiger partial charge in [-0.05, 0) is 64.7 Å². The zero-order valence-corrected chi connectivity index (χ0v) is 18.0. The third-order valence-electron chi connectivity index (χ3n) is 5.93. The summed E-state index contributed by atoms with van der Waals surface area (Å²) < 4.78 is 5.28. The van der Waals surface area contributed by atoms with E-state index in [1.807, 2.05) is 43.6 Å². The topological polar surface area (TPSA) is 94.9 Å². The quantitative estimate of drug-likeness (QED) is 0.547. The highest BCUT2D eigenvalue weighted by Gasteiger charge is 2.25. The standard InChI is InChI=1S/C22H26N8O/c1-14-12-16(3)29(26-14)20-8-9-21(31)30(27-20)18-6-4-17(5-7-18)24-22-19-13-15(2)25-28(19)11-10-23-22/h8-13,17-18H,4-7H2,1-3H3,(H,23,24). The van der Waals surface area contributed by atoms with Crippen LogP contribution in [0.15, 0.2) is 41.5 Å². The molecule has 9 heteroatoms. The molecule has 0 atom stereocenters. The number of fused-ring (bicyclic) bond motifs is 1. The molecule has 1 N–H and O–H groups in total. The van der Waals surface area contributed by atoms with Gasteiger partial charge in [-0.15, -0.1) is 5.10 Å². The lowest BCUT2D eigenvalue weighted by atomic mass is 9.91. The van der Waals surface area contributed by atoms with Crippen LogP contribution in [0, 0.1) is 20.8 Å². The molecular formula is C22H26N8O.